The first-order valence-electron chi connectivity index (χ1n) is 4.16. The maximum atomic E-state index is 5.27. The monoisotopic (exact) mass is 310 g/mol. The second-order valence-electron chi connectivity index (χ2n) is 2.39. The van der Waals surface area contributed by atoms with E-state index >= 15 is 0 Å². The van der Waals surface area contributed by atoms with Gasteiger partial charge in [0.25, 0.3) is 0 Å². The zero-order valence-corrected chi connectivity index (χ0v) is 13.6. The van der Waals surface area contributed by atoms with E-state index in [2.05, 4.69) is 6.58 Å². The molecule has 0 aliphatic rings. The predicted molar refractivity (Wildman–Crippen MR) is 70.8 cm³/mol. The van der Waals surface area contributed by atoms with Gasteiger partial charge in [0.15, 0.2) is 0 Å². The maximum absolute atomic E-state index is 5.27. The van der Waals surface area contributed by atoms with Crippen molar-refractivity contribution in [3.63, 3.8) is 0 Å². The lowest BCUT2D eigenvalue weighted by Crippen LogP contribution is -2.41. The Bertz CT molecular complexity index is 154. The van der Waals surface area contributed by atoms with Gasteiger partial charge in [-0.05, 0) is 0 Å². The second kappa shape index (κ2) is 9.01. The Labute approximate surface area is 108 Å². The molecule has 0 aliphatic carbocycles. The molecule has 0 amide bonds. The third kappa shape index (κ3) is 9.83. The van der Waals surface area contributed by atoms with Gasteiger partial charge in [0, 0.05) is 27.4 Å². The average Bonchev–Trinajstić information content (AvgIpc) is 2.22. The normalized spacial score (nSPS) is 11.7. The van der Waals surface area contributed by atoms with Crippen LogP contribution in [-0.2, 0) is 13.3 Å². The van der Waals surface area contributed by atoms with E-state index in [9.17, 15) is 0 Å². The van der Waals surface area contributed by atoms with Gasteiger partial charge in [-0.2, -0.15) is 0 Å². The molecule has 0 fully saturated rings. The van der Waals surface area contributed by atoms with Crippen molar-refractivity contribution in [2.45, 2.75) is 13.0 Å². The van der Waals surface area contributed by atoms with Crippen LogP contribution in [0.15, 0.2) is 12.3 Å². The van der Waals surface area contributed by atoms with Crippen molar-refractivity contribution in [1.29, 1.82) is 0 Å². The molecule has 0 aromatic rings. The third-order valence-electron chi connectivity index (χ3n) is 1.60. The van der Waals surface area contributed by atoms with Gasteiger partial charge in [-0.15, -0.1) is 39.8 Å². The summed E-state index contributed by atoms with van der Waals surface area (Å²) >= 11 is 15.8. The Balaban J connectivity index is 0. The highest BCUT2D eigenvalue weighted by Gasteiger charge is 2.34. The van der Waals surface area contributed by atoms with Crippen molar-refractivity contribution in [3.05, 3.63) is 12.3 Å². The molecular weight excluding hydrogens is 295 g/mol. The summed E-state index contributed by atoms with van der Waals surface area (Å²) in [5.41, 5.74) is 1.37. The Morgan fingerprint density at radius 1 is 1.07 bits per heavy atom. The summed E-state index contributed by atoms with van der Waals surface area (Å²) in [7, 11) is 2.65. The third-order valence-corrected chi connectivity index (χ3v) is 6.18. The highest BCUT2D eigenvalue weighted by Crippen LogP contribution is 2.19. The summed E-state index contributed by atoms with van der Waals surface area (Å²) in [6.07, 6.45) is 0. The van der Waals surface area contributed by atoms with Gasteiger partial charge >= 0.3 is 14.8 Å². The summed E-state index contributed by atoms with van der Waals surface area (Å²) in [4.78, 5) is 0. The topological polar surface area (TPSA) is 27.7 Å². The number of hydrogen-bond donors (Lipinski definition) is 0. The SMILES string of the molecule is C=C[Si](Cl)(Cl)Cl.CC[Si](OC)(OC)OC. The molecular formula is C7H17Cl3O3Si2. The van der Waals surface area contributed by atoms with Gasteiger partial charge in [-0.3, -0.25) is 0 Å². The first kappa shape index (κ1) is 18.3. The van der Waals surface area contributed by atoms with Crippen molar-refractivity contribution in [2.24, 2.45) is 0 Å². The van der Waals surface area contributed by atoms with Crippen LogP contribution in [0.4, 0.5) is 0 Å². The van der Waals surface area contributed by atoms with Gasteiger partial charge in [-0.1, -0.05) is 12.6 Å². The molecule has 0 rings (SSSR count). The van der Waals surface area contributed by atoms with Gasteiger partial charge in [0.1, 0.15) is 0 Å². The fourth-order valence-corrected chi connectivity index (χ4v) is 2.05. The molecule has 0 radical (unpaired) electrons. The van der Waals surface area contributed by atoms with Crippen LogP contribution >= 0.6 is 33.2 Å². The molecule has 0 aliphatic heterocycles. The van der Waals surface area contributed by atoms with Gasteiger partial charge < -0.3 is 13.3 Å². The summed E-state index contributed by atoms with van der Waals surface area (Å²) in [5.74, 6) is 0. The Kier molecular flexibility index (Phi) is 11.0. The Hall–Kier alpha value is 0.924. The van der Waals surface area contributed by atoms with Crippen LogP contribution in [0.3, 0.4) is 0 Å². The predicted octanol–water partition coefficient (Wildman–Crippen LogP) is 3.25. The Morgan fingerprint density at radius 3 is 1.33 bits per heavy atom. The van der Waals surface area contributed by atoms with Crippen LogP contribution in [0.25, 0.3) is 0 Å². The molecule has 0 heterocycles. The maximum Gasteiger partial charge on any atom is 0.499 e. The molecule has 92 valence electrons. The number of hydrogen-bond acceptors (Lipinski definition) is 3. The molecule has 0 saturated carbocycles. The zero-order valence-electron chi connectivity index (χ0n) is 9.35. The van der Waals surface area contributed by atoms with Crippen molar-refractivity contribution in [1.82, 2.24) is 0 Å². The molecule has 15 heavy (non-hydrogen) atoms. The molecule has 3 nitrogen and oxygen atoms in total. The highest BCUT2D eigenvalue weighted by atomic mass is 35.8. The minimum absolute atomic E-state index is 0.816. The lowest BCUT2D eigenvalue weighted by atomic mass is 11.0. The van der Waals surface area contributed by atoms with Gasteiger partial charge in [0.05, 0.1) is 0 Å². The quantitative estimate of drug-likeness (QED) is 0.576. The zero-order chi connectivity index (χ0) is 12.5. The van der Waals surface area contributed by atoms with Crippen LogP contribution in [-0.4, -0.2) is 36.1 Å². The summed E-state index contributed by atoms with van der Waals surface area (Å²) in [6.45, 7) is 5.29. The summed E-state index contributed by atoms with van der Waals surface area (Å²) in [6, 6.07) is -1.63. The van der Waals surface area contributed by atoms with E-state index < -0.39 is 14.8 Å². The first-order chi connectivity index (χ1) is 6.80. The van der Waals surface area contributed by atoms with Crippen molar-refractivity contribution >= 4 is 48.0 Å². The average molecular weight is 312 g/mol. The molecule has 0 N–H and O–H groups in total. The van der Waals surface area contributed by atoms with Crippen LogP contribution in [0.1, 0.15) is 6.92 Å². The first-order valence-corrected chi connectivity index (χ1v) is 11.2. The lowest BCUT2D eigenvalue weighted by molar-refractivity contribution is 0.125. The standard InChI is InChI=1S/C5H14O3Si.C2H3Cl3Si/c1-5-9(6-2,7-3)8-4;1-2-6(3,4)5/h5H2,1-4H3;2H,1H2. The Morgan fingerprint density at radius 2 is 1.33 bits per heavy atom. The fraction of sp³-hybridized carbons (Fsp3) is 0.714. The van der Waals surface area contributed by atoms with Crippen LogP contribution in [0.5, 0.6) is 0 Å². The minimum atomic E-state index is -2.45. The van der Waals surface area contributed by atoms with E-state index in [0.29, 0.717) is 0 Å². The van der Waals surface area contributed by atoms with Crippen molar-refractivity contribution in [3.8, 4) is 0 Å². The molecule has 0 bridgehead atoms. The second-order valence-corrected chi connectivity index (χ2v) is 14.3. The molecule has 0 atom stereocenters. The van der Waals surface area contributed by atoms with Crippen LogP contribution in [0, 0.1) is 0 Å². The highest BCUT2D eigenvalue weighted by molar-refractivity contribution is 7.66. The molecule has 8 heteroatoms. The van der Waals surface area contributed by atoms with Gasteiger partial charge in [0.2, 0.25) is 0 Å². The van der Waals surface area contributed by atoms with E-state index in [1.807, 2.05) is 6.92 Å². The molecule has 0 saturated heterocycles. The molecule has 0 aromatic heterocycles. The van der Waals surface area contributed by atoms with E-state index in [1.165, 1.54) is 5.70 Å². The molecule has 0 unspecified atom stereocenters. The summed E-state index contributed by atoms with van der Waals surface area (Å²) in [5, 5.41) is 0. The number of halogens is 3. The van der Waals surface area contributed by atoms with Crippen LogP contribution < -0.4 is 0 Å². The smallest absolute Gasteiger partial charge is 0.377 e. The van der Waals surface area contributed by atoms with Crippen molar-refractivity contribution < 1.29 is 13.3 Å². The van der Waals surface area contributed by atoms with E-state index in [4.69, 9.17) is 46.5 Å². The van der Waals surface area contributed by atoms with E-state index in [-0.39, 0.29) is 0 Å². The van der Waals surface area contributed by atoms with E-state index in [0.717, 1.165) is 6.04 Å². The molecule has 0 aromatic carbocycles. The minimum Gasteiger partial charge on any atom is -0.377 e. The van der Waals surface area contributed by atoms with E-state index in [1.54, 1.807) is 21.3 Å². The largest absolute Gasteiger partial charge is 0.499 e. The number of rotatable bonds is 5. The fourth-order valence-electron chi connectivity index (χ4n) is 0.683. The molecule has 0 spiro atoms. The lowest BCUT2D eigenvalue weighted by Gasteiger charge is -2.22. The van der Waals surface area contributed by atoms with Gasteiger partial charge in [-0.25, -0.2) is 0 Å². The van der Waals surface area contributed by atoms with Crippen LogP contribution in [0.2, 0.25) is 6.04 Å². The summed E-state index contributed by atoms with van der Waals surface area (Å²) < 4.78 is 15.2. The van der Waals surface area contributed by atoms with Crippen molar-refractivity contribution in [2.75, 3.05) is 21.3 Å².